The van der Waals surface area contributed by atoms with Crippen LogP contribution < -0.4 is 5.73 Å². The molecule has 0 bridgehead atoms. The van der Waals surface area contributed by atoms with Crippen molar-refractivity contribution < 1.29 is 16.8 Å². The average molecular weight is 369 g/mol. The zero-order chi connectivity index (χ0) is 15.8. The van der Waals surface area contributed by atoms with Gasteiger partial charge in [0.1, 0.15) is 0 Å². The van der Waals surface area contributed by atoms with Crippen molar-refractivity contribution in [1.82, 2.24) is 4.31 Å². The van der Waals surface area contributed by atoms with Crippen molar-refractivity contribution in [2.45, 2.75) is 23.1 Å². The third kappa shape index (κ3) is 3.80. The molecule has 22 heavy (non-hydrogen) atoms. The van der Waals surface area contributed by atoms with E-state index in [-0.39, 0.29) is 28.1 Å². The fraction of sp³-hybridized carbons (Fsp3) is 0.538. The normalized spacial score (nSPS) is 19.9. The van der Waals surface area contributed by atoms with Crippen molar-refractivity contribution >= 4 is 32.3 Å². The Labute approximate surface area is 138 Å². The molecule has 9 heteroatoms. The molecule has 0 radical (unpaired) electrons. The van der Waals surface area contributed by atoms with Gasteiger partial charge in [0, 0.05) is 19.3 Å². The van der Waals surface area contributed by atoms with Crippen molar-refractivity contribution in [1.29, 1.82) is 0 Å². The minimum Gasteiger partial charge on any atom is -0.330 e. The van der Waals surface area contributed by atoms with Gasteiger partial charge in [-0.1, -0.05) is 6.07 Å². The lowest BCUT2D eigenvalue weighted by molar-refractivity contribution is 0.458. The van der Waals surface area contributed by atoms with Crippen molar-refractivity contribution in [3.05, 3.63) is 23.8 Å². The molecule has 1 atom stereocenters. The van der Waals surface area contributed by atoms with Crippen LogP contribution in [-0.2, 0) is 19.9 Å². The van der Waals surface area contributed by atoms with Crippen molar-refractivity contribution in [3.63, 3.8) is 0 Å². The van der Waals surface area contributed by atoms with Gasteiger partial charge in [0.25, 0.3) is 0 Å². The van der Waals surface area contributed by atoms with Crippen LogP contribution in [0.5, 0.6) is 0 Å². The number of sulfonamides is 1. The first kappa shape index (κ1) is 19.4. The zero-order valence-corrected chi connectivity index (χ0v) is 15.0. The summed E-state index contributed by atoms with van der Waals surface area (Å²) in [6, 6.07) is 4.20. The average Bonchev–Trinajstić information content (AvgIpc) is 2.87. The van der Waals surface area contributed by atoms with Crippen LogP contribution in [0.1, 0.15) is 12.0 Å². The molecule has 0 aliphatic carbocycles. The van der Waals surface area contributed by atoms with Crippen LogP contribution in [-0.4, -0.2) is 47.0 Å². The first-order valence-corrected chi connectivity index (χ1v) is 10.0. The summed E-state index contributed by atoms with van der Waals surface area (Å²) < 4.78 is 50.0. The van der Waals surface area contributed by atoms with Crippen LogP contribution >= 0.6 is 12.4 Å². The van der Waals surface area contributed by atoms with E-state index in [4.69, 9.17) is 5.73 Å². The second kappa shape index (κ2) is 6.84. The number of aryl methyl sites for hydroxylation is 1. The second-order valence-corrected chi connectivity index (χ2v) is 9.38. The van der Waals surface area contributed by atoms with Crippen LogP contribution in [0.15, 0.2) is 28.0 Å². The maximum Gasteiger partial charge on any atom is 0.243 e. The summed E-state index contributed by atoms with van der Waals surface area (Å²) in [6.07, 6.45) is 1.80. The summed E-state index contributed by atoms with van der Waals surface area (Å²) in [6.45, 7) is 2.93. The van der Waals surface area contributed by atoms with E-state index in [0.29, 0.717) is 25.2 Å². The fourth-order valence-electron chi connectivity index (χ4n) is 2.44. The Bertz CT molecular complexity index is 747. The molecule has 1 unspecified atom stereocenters. The van der Waals surface area contributed by atoms with Crippen LogP contribution in [0, 0.1) is 12.8 Å². The number of hydrogen-bond donors (Lipinski definition) is 1. The van der Waals surface area contributed by atoms with E-state index in [9.17, 15) is 16.8 Å². The largest absolute Gasteiger partial charge is 0.330 e. The van der Waals surface area contributed by atoms with Crippen LogP contribution in [0.2, 0.25) is 0 Å². The number of rotatable bonds is 4. The van der Waals surface area contributed by atoms with Crippen LogP contribution in [0.3, 0.4) is 0 Å². The minimum atomic E-state index is -3.68. The Morgan fingerprint density at radius 2 is 1.91 bits per heavy atom. The van der Waals surface area contributed by atoms with Gasteiger partial charge in [-0.2, -0.15) is 4.31 Å². The van der Waals surface area contributed by atoms with Gasteiger partial charge in [0.05, 0.1) is 9.79 Å². The van der Waals surface area contributed by atoms with Gasteiger partial charge >= 0.3 is 0 Å². The molecule has 2 N–H and O–H groups in total. The number of sulfone groups is 1. The van der Waals surface area contributed by atoms with E-state index in [1.54, 1.807) is 6.92 Å². The molecule has 126 valence electrons. The monoisotopic (exact) mass is 368 g/mol. The Hall–Kier alpha value is -0.670. The SMILES string of the molecule is Cc1ccc(S(C)(=O)=O)cc1S(=O)(=O)N1CCC(CN)C1.Cl. The molecule has 0 aromatic heterocycles. The van der Waals surface area contributed by atoms with Gasteiger partial charge in [0.15, 0.2) is 9.84 Å². The topological polar surface area (TPSA) is 97.5 Å². The molecule has 1 aliphatic heterocycles. The molecule has 1 aromatic rings. The standard InChI is InChI=1S/C13H20N2O4S2.ClH/c1-10-3-4-12(20(2,16)17)7-13(10)21(18,19)15-6-5-11(8-14)9-15;/h3-4,7,11H,5-6,8-9,14H2,1-2H3;1H. The number of nitrogens with zero attached hydrogens (tertiary/aromatic N) is 1. The van der Waals surface area contributed by atoms with Gasteiger partial charge < -0.3 is 5.73 Å². The Kier molecular flexibility index (Phi) is 6.02. The van der Waals surface area contributed by atoms with Crippen LogP contribution in [0.25, 0.3) is 0 Å². The highest BCUT2D eigenvalue weighted by Crippen LogP contribution is 2.27. The van der Waals surface area contributed by atoms with E-state index in [0.717, 1.165) is 12.7 Å². The molecule has 1 aromatic carbocycles. The molecule has 1 saturated heterocycles. The smallest absolute Gasteiger partial charge is 0.243 e. The number of nitrogens with two attached hydrogens (primary N) is 1. The molecular weight excluding hydrogens is 348 g/mol. The van der Waals surface area contributed by atoms with Crippen molar-refractivity contribution in [3.8, 4) is 0 Å². The zero-order valence-electron chi connectivity index (χ0n) is 12.5. The van der Waals surface area contributed by atoms with Gasteiger partial charge in [-0.05, 0) is 43.5 Å². The quantitative estimate of drug-likeness (QED) is 0.847. The lowest BCUT2D eigenvalue weighted by Gasteiger charge is -2.18. The molecule has 0 saturated carbocycles. The third-order valence-electron chi connectivity index (χ3n) is 3.79. The van der Waals surface area contributed by atoms with Gasteiger partial charge in [-0.3, -0.25) is 0 Å². The Balaban J connectivity index is 0.00000242. The van der Waals surface area contributed by atoms with Crippen LogP contribution in [0.4, 0.5) is 0 Å². The van der Waals surface area contributed by atoms with E-state index >= 15 is 0 Å². The minimum absolute atomic E-state index is 0. The summed E-state index contributed by atoms with van der Waals surface area (Å²) in [5.41, 5.74) is 6.13. The van der Waals surface area contributed by atoms with E-state index in [1.807, 2.05) is 0 Å². The fourth-order valence-corrected chi connectivity index (χ4v) is 4.94. The molecular formula is C13H21ClN2O4S2. The molecule has 1 aliphatic rings. The van der Waals surface area contributed by atoms with Crippen molar-refractivity contribution in [2.75, 3.05) is 25.9 Å². The molecule has 6 nitrogen and oxygen atoms in total. The van der Waals surface area contributed by atoms with Gasteiger partial charge in [-0.15, -0.1) is 12.4 Å². The lowest BCUT2D eigenvalue weighted by atomic mass is 10.1. The Morgan fingerprint density at radius 3 is 2.41 bits per heavy atom. The summed E-state index contributed by atoms with van der Waals surface area (Å²) in [5, 5.41) is 0. The molecule has 2 rings (SSSR count). The van der Waals surface area contributed by atoms with Crippen molar-refractivity contribution in [2.24, 2.45) is 11.7 Å². The van der Waals surface area contributed by atoms with Gasteiger partial charge in [0.2, 0.25) is 10.0 Å². The summed E-state index contributed by atoms with van der Waals surface area (Å²) >= 11 is 0. The molecule has 1 heterocycles. The summed E-state index contributed by atoms with van der Waals surface area (Å²) in [7, 11) is -7.13. The molecule has 0 spiro atoms. The van der Waals surface area contributed by atoms with E-state index in [1.165, 1.54) is 22.5 Å². The summed E-state index contributed by atoms with van der Waals surface area (Å²) in [4.78, 5) is 0.0735. The highest BCUT2D eigenvalue weighted by Gasteiger charge is 2.33. The van der Waals surface area contributed by atoms with Gasteiger partial charge in [-0.25, -0.2) is 16.8 Å². The molecule has 1 fully saturated rings. The highest BCUT2D eigenvalue weighted by molar-refractivity contribution is 7.91. The lowest BCUT2D eigenvalue weighted by Crippen LogP contribution is -2.30. The maximum absolute atomic E-state index is 12.7. The third-order valence-corrected chi connectivity index (χ3v) is 6.90. The maximum atomic E-state index is 12.7. The first-order chi connectivity index (χ1) is 9.66. The first-order valence-electron chi connectivity index (χ1n) is 6.67. The number of hydrogen-bond acceptors (Lipinski definition) is 5. The summed E-state index contributed by atoms with van der Waals surface area (Å²) in [5.74, 6) is 0.165. The number of benzene rings is 1. The predicted octanol–water partition coefficient (Wildman–Crippen LogP) is 0.790. The second-order valence-electron chi connectivity index (χ2n) is 5.45. The Morgan fingerprint density at radius 1 is 1.27 bits per heavy atom. The highest BCUT2D eigenvalue weighted by atomic mass is 35.5. The van der Waals surface area contributed by atoms with E-state index in [2.05, 4.69) is 0 Å². The predicted molar refractivity (Wildman–Crippen MR) is 87.5 cm³/mol. The van der Waals surface area contributed by atoms with E-state index < -0.39 is 19.9 Å². The molecule has 0 amide bonds. The number of halogens is 1.